The lowest BCUT2D eigenvalue weighted by Crippen LogP contribution is -2.57. The zero-order chi connectivity index (χ0) is 9.31. The van der Waals surface area contributed by atoms with E-state index in [4.69, 9.17) is 11.6 Å². The standard InChI is InChI=1S/C10H11ClFN.ClH/c11-9-3-1-2-8(4-9)5-10(12)6-13-7-10;/h1-4,13H,5-7H2;1H. The third-order valence-corrected chi connectivity index (χ3v) is 2.53. The number of hydrogen-bond donors (Lipinski definition) is 1. The van der Waals surface area contributed by atoms with E-state index in [9.17, 15) is 4.39 Å². The fourth-order valence-electron chi connectivity index (χ4n) is 1.53. The number of rotatable bonds is 2. The topological polar surface area (TPSA) is 12.0 Å². The van der Waals surface area contributed by atoms with Gasteiger partial charge in [-0.05, 0) is 17.7 Å². The maximum Gasteiger partial charge on any atom is 0.139 e. The summed E-state index contributed by atoms with van der Waals surface area (Å²) in [6, 6.07) is 7.38. The van der Waals surface area contributed by atoms with Gasteiger partial charge >= 0.3 is 0 Å². The molecule has 0 aliphatic carbocycles. The summed E-state index contributed by atoms with van der Waals surface area (Å²) in [5, 5.41) is 3.60. The van der Waals surface area contributed by atoms with Crippen molar-refractivity contribution in [3.8, 4) is 0 Å². The average molecular weight is 236 g/mol. The van der Waals surface area contributed by atoms with Gasteiger partial charge in [-0.25, -0.2) is 4.39 Å². The van der Waals surface area contributed by atoms with Crippen molar-refractivity contribution >= 4 is 24.0 Å². The van der Waals surface area contributed by atoms with Gasteiger partial charge in [-0.1, -0.05) is 23.7 Å². The van der Waals surface area contributed by atoms with Crippen LogP contribution in [-0.4, -0.2) is 18.8 Å². The minimum Gasteiger partial charge on any atom is -0.310 e. The number of benzene rings is 1. The van der Waals surface area contributed by atoms with Gasteiger partial charge in [0.25, 0.3) is 0 Å². The van der Waals surface area contributed by atoms with Crippen LogP contribution in [0.4, 0.5) is 4.39 Å². The molecule has 2 rings (SSSR count). The molecule has 1 aliphatic heterocycles. The number of halogens is 3. The van der Waals surface area contributed by atoms with Gasteiger partial charge in [-0.3, -0.25) is 0 Å². The molecule has 78 valence electrons. The van der Waals surface area contributed by atoms with Crippen LogP contribution in [0.15, 0.2) is 24.3 Å². The van der Waals surface area contributed by atoms with E-state index in [1.807, 2.05) is 18.2 Å². The largest absolute Gasteiger partial charge is 0.310 e. The van der Waals surface area contributed by atoms with Crippen LogP contribution in [0.5, 0.6) is 0 Å². The van der Waals surface area contributed by atoms with Gasteiger partial charge in [0.1, 0.15) is 5.67 Å². The Kier molecular flexibility index (Phi) is 3.76. The Balaban J connectivity index is 0.000000980. The summed E-state index contributed by atoms with van der Waals surface area (Å²) in [6.45, 7) is 0.916. The molecule has 0 aromatic heterocycles. The summed E-state index contributed by atoms with van der Waals surface area (Å²) < 4.78 is 13.6. The van der Waals surface area contributed by atoms with Gasteiger partial charge in [0, 0.05) is 24.5 Å². The van der Waals surface area contributed by atoms with Gasteiger partial charge in [0.15, 0.2) is 0 Å². The molecule has 0 bridgehead atoms. The van der Waals surface area contributed by atoms with Crippen molar-refractivity contribution in [1.29, 1.82) is 0 Å². The van der Waals surface area contributed by atoms with Crippen LogP contribution in [0.25, 0.3) is 0 Å². The summed E-state index contributed by atoms with van der Waals surface area (Å²) in [6.07, 6.45) is 0.459. The van der Waals surface area contributed by atoms with Crippen molar-refractivity contribution in [3.05, 3.63) is 34.9 Å². The first-order chi connectivity index (χ1) is 6.18. The zero-order valence-electron chi connectivity index (χ0n) is 7.59. The molecule has 0 amide bonds. The molecule has 4 heteroatoms. The summed E-state index contributed by atoms with van der Waals surface area (Å²) in [4.78, 5) is 0. The quantitative estimate of drug-likeness (QED) is 0.832. The highest BCUT2D eigenvalue weighted by atomic mass is 35.5. The smallest absolute Gasteiger partial charge is 0.139 e. The molecule has 1 heterocycles. The molecule has 1 nitrogen and oxygen atoms in total. The normalized spacial score (nSPS) is 18.1. The lowest BCUT2D eigenvalue weighted by molar-refractivity contribution is 0.0912. The van der Waals surface area contributed by atoms with Crippen LogP contribution in [0.1, 0.15) is 5.56 Å². The van der Waals surface area contributed by atoms with Gasteiger partial charge in [0.2, 0.25) is 0 Å². The number of hydrogen-bond acceptors (Lipinski definition) is 1. The van der Waals surface area contributed by atoms with Crippen LogP contribution < -0.4 is 5.32 Å². The first-order valence-electron chi connectivity index (χ1n) is 4.32. The molecule has 0 unspecified atom stereocenters. The fourth-order valence-corrected chi connectivity index (χ4v) is 1.75. The summed E-state index contributed by atoms with van der Waals surface area (Å²) >= 11 is 5.80. The maximum atomic E-state index is 13.6. The van der Waals surface area contributed by atoms with E-state index < -0.39 is 5.67 Å². The summed E-state index contributed by atoms with van der Waals surface area (Å²) in [7, 11) is 0. The van der Waals surface area contributed by atoms with Crippen LogP contribution in [0, 0.1) is 0 Å². The highest BCUT2D eigenvalue weighted by Gasteiger charge is 2.36. The van der Waals surface area contributed by atoms with Crippen molar-refractivity contribution < 1.29 is 4.39 Å². The monoisotopic (exact) mass is 235 g/mol. The van der Waals surface area contributed by atoms with E-state index in [0.717, 1.165) is 5.56 Å². The summed E-state index contributed by atoms with van der Waals surface area (Å²) in [5.74, 6) is 0. The molecule has 0 spiro atoms. The second kappa shape index (κ2) is 4.47. The molecular weight excluding hydrogens is 224 g/mol. The van der Waals surface area contributed by atoms with Crippen LogP contribution in [0.2, 0.25) is 5.02 Å². The minimum atomic E-state index is -1.05. The van der Waals surface area contributed by atoms with E-state index in [1.54, 1.807) is 6.07 Å². The van der Waals surface area contributed by atoms with Crippen LogP contribution >= 0.6 is 24.0 Å². The van der Waals surface area contributed by atoms with Crippen molar-refractivity contribution in [1.82, 2.24) is 5.32 Å². The first-order valence-corrected chi connectivity index (χ1v) is 4.70. The lowest BCUT2D eigenvalue weighted by Gasteiger charge is -2.35. The Morgan fingerprint density at radius 3 is 2.64 bits per heavy atom. The molecule has 0 atom stereocenters. The van der Waals surface area contributed by atoms with E-state index in [0.29, 0.717) is 24.5 Å². The van der Waals surface area contributed by atoms with Gasteiger partial charge in [-0.2, -0.15) is 0 Å². The van der Waals surface area contributed by atoms with E-state index >= 15 is 0 Å². The minimum absolute atomic E-state index is 0. The second-order valence-corrected chi connectivity index (χ2v) is 4.00. The molecule has 1 saturated heterocycles. The molecule has 1 aromatic carbocycles. The fraction of sp³-hybridized carbons (Fsp3) is 0.400. The Labute approximate surface area is 94.1 Å². The highest BCUT2D eigenvalue weighted by Crippen LogP contribution is 2.23. The third kappa shape index (κ3) is 2.59. The molecule has 0 saturated carbocycles. The van der Waals surface area contributed by atoms with E-state index in [-0.39, 0.29) is 12.4 Å². The van der Waals surface area contributed by atoms with Gasteiger partial charge < -0.3 is 5.32 Å². The van der Waals surface area contributed by atoms with E-state index in [2.05, 4.69) is 5.32 Å². The molecule has 1 N–H and O–H groups in total. The lowest BCUT2D eigenvalue weighted by atomic mass is 9.91. The van der Waals surface area contributed by atoms with Crippen LogP contribution in [0.3, 0.4) is 0 Å². The van der Waals surface area contributed by atoms with Gasteiger partial charge in [-0.15, -0.1) is 12.4 Å². The average Bonchev–Trinajstić information content (AvgIpc) is 2.01. The highest BCUT2D eigenvalue weighted by molar-refractivity contribution is 6.30. The Bertz CT molecular complexity index is 313. The third-order valence-electron chi connectivity index (χ3n) is 2.29. The molecular formula is C10H12Cl2FN. The number of alkyl halides is 1. The van der Waals surface area contributed by atoms with Crippen molar-refractivity contribution in [2.24, 2.45) is 0 Å². The molecule has 0 radical (unpaired) electrons. The Hall–Kier alpha value is -0.310. The Morgan fingerprint density at radius 2 is 2.14 bits per heavy atom. The second-order valence-electron chi connectivity index (χ2n) is 3.56. The molecule has 14 heavy (non-hydrogen) atoms. The van der Waals surface area contributed by atoms with E-state index in [1.165, 1.54) is 0 Å². The number of nitrogens with one attached hydrogen (secondary N) is 1. The summed E-state index contributed by atoms with van der Waals surface area (Å²) in [5.41, 5.74) is -0.0819. The maximum absolute atomic E-state index is 13.6. The van der Waals surface area contributed by atoms with Crippen molar-refractivity contribution in [3.63, 3.8) is 0 Å². The van der Waals surface area contributed by atoms with Crippen molar-refractivity contribution in [2.45, 2.75) is 12.1 Å². The SMILES string of the molecule is Cl.FC1(Cc2cccc(Cl)c2)CNC1. The molecule has 1 aromatic rings. The zero-order valence-corrected chi connectivity index (χ0v) is 9.17. The molecule has 1 fully saturated rings. The van der Waals surface area contributed by atoms with Crippen molar-refractivity contribution in [2.75, 3.05) is 13.1 Å². The van der Waals surface area contributed by atoms with Gasteiger partial charge in [0.05, 0.1) is 0 Å². The van der Waals surface area contributed by atoms with Crippen LogP contribution in [-0.2, 0) is 6.42 Å². The predicted octanol–water partition coefficient (Wildman–Crippen LogP) is 2.62. The first kappa shape index (κ1) is 11.8. The predicted molar refractivity (Wildman–Crippen MR) is 59.1 cm³/mol. The molecule has 1 aliphatic rings. The Morgan fingerprint density at radius 1 is 1.43 bits per heavy atom.